The van der Waals surface area contributed by atoms with Gasteiger partial charge in [-0.05, 0) is 12.8 Å². The molecule has 364 valence electrons. The summed E-state index contributed by atoms with van der Waals surface area (Å²) in [5.41, 5.74) is 0. The maximum absolute atomic E-state index is 12.7. The van der Waals surface area contributed by atoms with Crippen LogP contribution in [0.15, 0.2) is 0 Å². The molecule has 0 saturated heterocycles. The highest BCUT2D eigenvalue weighted by atomic mass is 31.2. The maximum atomic E-state index is 12.7. The van der Waals surface area contributed by atoms with Crippen molar-refractivity contribution in [2.75, 3.05) is 47.5 Å². The average Bonchev–Trinajstić information content (AvgIpc) is 3.21. The molecule has 10 heteroatoms. The first-order valence-electron chi connectivity index (χ1n) is 26.2. The lowest BCUT2D eigenvalue weighted by Crippen LogP contribution is -2.37. The van der Waals surface area contributed by atoms with Crippen LogP contribution < -0.4 is 4.89 Å². The zero-order valence-corrected chi connectivity index (χ0v) is 42.0. The van der Waals surface area contributed by atoms with Gasteiger partial charge in [0.15, 0.2) is 6.10 Å². The first-order valence-corrected chi connectivity index (χ1v) is 27.7. The van der Waals surface area contributed by atoms with E-state index in [1.54, 1.807) is 0 Å². The van der Waals surface area contributed by atoms with Crippen LogP contribution in [-0.2, 0) is 32.7 Å². The molecule has 0 radical (unpaired) electrons. The number of phosphoric acid groups is 1. The fourth-order valence-corrected chi connectivity index (χ4v) is 8.50. The van der Waals surface area contributed by atoms with Crippen molar-refractivity contribution in [3.63, 3.8) is 0 Å². The second-order valence-electron chi connectivity index (χ2n) is 19.3. The van der Waals surface area contributed by atoms with Crippen molar-refractivity contribution < 1.29 is 42.1 Å². The van der Waals surface area contributed by atoms with Gasteiger partial charge in [0.2, 0.25) is 0 Å². The Bertz CT molecular complexity index is 1010. The van der Waals surface area contributed by atoms with E-state index >= 15 is 0 Å². The van der Waals surface area contributed by atoms with Gasteiger partial charge in [-0.15, -0.1) is 0 Å². The number of carbonyl (C=O) groups excluding carboxylic acids is 2. The Hall–Kier alpha value is -0.990. The van der Waals surface area contributed by atoms with E-state index in [2.05, 4.69) is 13.8 Å². The number of phosphoric ester groups is 1. The zero-order valence-electron chi connectivity index (χ0n) is 41.1. The molecule has 0 N–H and O–H groups in total. The third kappa shape index (κ3) is 48.3. The predicted octanol–water partition coefficient (Wildman–Crippen LogP) is 14.9. The van der Waals surface area contributed by atoms with E-state index in [0.717, 1.165) is 32.1 Å². The fourth-order valence-electron chi connectivity index (χ4n) is 7.78. The third-order valence-corrected chi connectivity index (χ3v) is 12.8. The number of likely N-dealkylation sites (N-methyl/N-ethyl adjacent to an activating group) is 1. The number of hydrogen-bond acceptors (Lipinski definition) is 8. The van der Waals surface area contributed by atoms with Crippen molar-refractivity contribution in [2.24, 2.45) is 0 Å². The first-order chi connectivity index (χ1) is 29.5. The number of nitrogens with zero attached hydrogens (tertiary/aromatic N) is 1. The van der Waals surface area contributed by atoms with Crippen molar-refractivity contribution in [2.45, 2.75) is 270 Å². The molecular weight excluding hydrogens is 786 g/mol. The summed E-state index contributed by atoms with van der Waals surface area (Å²) in [6, 6.07) is 0. The number of rotatable bonds is 49. The second-order valence-corrected chi connectivity index (χ2v) is 20.7. The number of hydrogen-bond donors (Lipinski definition) is 0. The molecule has 61 heavy (non-hydrogen) atoms. The van der Waals surface area contributed by atoms with Gasteiger partial charge >= 0.3 is 11.9 Å². The molecule has 0 saturated carbocycles. The van der Waals surface area contributed by atoms with Crippen LogP contribution in [-0.4, -0.2) is 70.0 Å². The Morgan fingerprint density at radius 1 is 0.443 bits per heavy atom. The molecule has 0 spiro atoms. The Balaban J connectivity index is 4.12. The summed E-state index contributed by atoms with van der Waals surface area (Å²) in [5, 5.41) is 0. The van der Waals surface area contributed by atoms with E-state index in [1.165, 1.54) is 199 Å². The summed E-state index contributed by atoms with van der Waals surface area (Å²) in [7, 11) is 1.19. The maximum Gasteiger partial charge on any atom is 0.306 e. The van der Waals surface area contributed by atoms with Crippen LogP contribution in [0, 0.1) is 0 Å². The Kier molecular flexibility index (Phi) is 43.5. The van der Waals surface area contributed by atoms with Gasteiger partial charge in [-0.3, -0.25) is 14.2 Å². The third-order valence-electron chi connectivity index (χ3n) is 11.9. The van der Waals surface area contributed by atoms with Crippen LogP contribution >= 0.6 is 7.82 Å². The largest absolute Gasteiger partial charge is 0.756 e. The van der Waals surface area contributed by atoms with E-state index in [9.17, 15) is 19.0 Å². The summed E-state index contributed by atoms with van der Waals surface area (Å²) in [6.45, 7) is 4.29. The summed E-state index contributed by atoms with van der Waals surface area (Å²) >= 11 is 0. The number of quaternary nitrogens is 1. The molecule has 0 aliphatic rings. The van der Waals surface area contributed by atoms with E-state index in [4.69, 9.17) is 18.5 Å². The minimum absolute atomic E-state index is 0.0254. The van der Waals surface area contributed by atoms with E-state index in [1.807, 2.05) is 21.1 Å². The molecule has 0 aliphatic heterocycles. The molecule has 2 atom stereocenters. The fraction of sp³-hybridized carbons (Fsp3) is 0.961. The van der Waals surface area contributed by atoms with Gasteiger partial charge in [-0.1, -0.05) is 239 Å². The Morgan fingerprint density at radius 3 is 1.05 bits per heavy atom. The van der Waals surface area contributed by atoms with Crippen molar-refractivity contribution >= 4 is 19.8 Å². The van der Waals surface area contributed by atoms with Gasteiger partial charge in [-0.25, -0.2) is 0 Å². The van der Waals surface area contributed by atoms with Crippen LogP contribution in [0.2, 0.25) is 0 Å². The van der Waals surface area contributed by atoms with Gasteiger partial charge < -0.3 is 27.9 Å². The van der Waals surface area contributed by atoms with Crippen LogP contribution in [0.3, 0.4) is 0 Å². The monoisotopic (exact) mass is 888 g/mol. The SMILES string of the molecule is CCCCCCCCCCCCCCCCCCCCCCCCCC(=O)OCC(COP(=O)([O-])OCC[N+](C)(C)C)OC(=O)CCCCCCCCCCCCCCCC. The standard InChI is InChI=1S/C51H102NO8P/c1-6-8-10-12-14-16-18-20-22-23-24-25-26-27-28-29-30-32-33-35-37-39-41-43-50(53)57-47-49(48-59-61(55,56)58-46-45-52(3,4)5)60-51(54)44-42-40-38-36-34-31-21-19-17-15-13-11-9-7-2/h49H,6-48H2,1-5H3. The number of carbonyl (C=O) groups is 2. The first kappa shape index (κ1) is 60.0. The summed E-state index contributed by atoms with van der Waals surface area (Å²) in [5.74, 6) is -0.814. The van der Waals surface area contributed by atoms with Crippen LogP contribution in [0.4, 0.5) is 0 Å². The molecule has 0 aromatic rings. The smallest absolute Gasteiger partial charge is 0.306 e. The molecule has 2 unspecified atom stereocenters. The van der Waals surface area contributed by atoms with Crippen molar-refractivity contribution in [1.82, 2.24) is 0 Å². The minimum atomic E-state index is -4.62. The molecule has 0 amide bonds. The Morgan fingerprint density at radius 2 is 0.738 bits per heavy atom. The minimum Gasteiger partial charge on any atom is -0.756 e. The highest BCUT2D eigenvalue weighted by molar-refractivity contribution is 7.45. The van der Waals surface area contributed by atoms with Gasteiger partial charge in [-0.2, -0.15) is 0 Å². The molecule has 0 aromatic carbocycles. The van der Waals surface area contributed by atoms with E-state index < -0.39 is 26.5 Å². The van der Waals surface area contributed by atoms with Gasteiger partial charge in [0, 0.05) is 12.8 Å². The van der Waals surface area contributed by atoms with Crippen molar-refractivity contribution in [3.05, 3.63) is 0 Å². The normalized spacial score (nSPS) is 13.3. The van der Waals surface area contributed by atoms with Gasteiger partial charge in [0.25, 0.3) is 7.82 Å². The zero-order chi connectivity index (χ0) is 45.0. The molecule has 0 rings (SSSR count). The number of unbranched alkanes of at least 4 members (excludes halogenated alkanes) is 35. The van der Waals surface area contributed by atoms with E-state index in [-0.39, 0.29) is 32.0 Å². The highest BCUT2D eigenvalue weighted by Crippen LogP contribution is 2.38. The quantitative estimate of drug-likeness (QED) is 0.0257. The molecule has 9 nitrogen and oxygen atoms in total. The molecule has 0 bridgehead atoms. The number of ether oxygens (including phenoxy) is 2. The summed E-state index contributed by atoms with van der Waals surface area (Å²) in [4.78, 5) is 37.7. The van der Waals surface area contributed by atoms with E-state index in [0.29, 0.717) is 17.4 Å². The van der Waals surface area contributed by atoms with Crippen LogP contribution in [0.25, 0.3) is 0 Å². The average molecular weight is 888 g/mol. The Labute approximate surface area is 378 Å². The summed E-state index contributed by atoms with van der Waals surface area (Å²) in [6.07, 6.45) is 47.1. The lowest BCUT2D eigenvalue weighted by molar-refractivity contribution is -0.870. The van der Waals surface area contributed by atoms with Gasteiger partial charge in [0.05, 0.1) is 27.7 Å². The topological polar surface area (TPSA) is 111 Å². The van der Waals surface area contributed by atoms with Crippen molar-refractivity contribution in [1.29, 1.82) is 0 Å². The highest BCUT2D eigenvalue weighted by Gasteiger charge is 2.21. The molecule has 0 fully saturated rings. The lowest BCUT2D eigenvalue weighted by atomic mass is 10.0. The van der Waals surface area contributed by atoms with Crippen LogP contribution in [0.5, 0.6) is 0 Å². The van der Waals surface area contributed by atoms with Crippen LogP contribution in [0.1, 0.15) is 264 Å². The molecular formula is C51H102NO8P. The van der Waals surface area contributed by atoms with Crippen molar-refractivity contribution in [3.8, 4) is 0 Å². The second kappa shape index (κ2) is 44.2. The summed E-state index contributed by atoms with van der Waals surface area (Å²) < 4.78 is 34.0. The molecule has 0 aromatic heterocycles. The lowest BCUT2D eigenvalue weighted by Gasteiger charge is -2.28. The molecule has 0 aliphatic carbocycles. The predicted molar refractivity (Wildman–Crippen MR) is 255 cm³/mol. The number of esters is 2. The molecule has 0 heterocycles. The van der Waals surface area contributed by atoms with Gasteiger partial charge in [0.1, 0.15) is 19.8 Å².